The molecule has 0 amide bonds. The summed E-state index contributed by atoms with van der Waals surface area (Å²) in [6, 6.07) is 25.1. The molecule has 0 atom stereocenters. The maximum Gasteiger partial charge on any atom is 0.196 e. The van der Waals surface area contributed by atoms with Crippen LogP contribution in [0.25, 0.3) is 5.69 Å². The van der Waals surface area contributed by atoms with Crippen LogP contribution in [0, 0.1) is 6.92 Å². The minimum atomic E-state index is 0.0172. The van der Waals surface area contributed by atoms with Gasteiger partial charge in [-0.05, 0) is 55.5 Å². The second-order valence-electron chi connectivity index (χ2n) is 7.01. The van der Waals surface area contributed by atoms with Gasteiger partial charge in [0.15, 0.2) is 16.8 Å². The second-order valence-corrected chi connectivity index (χ2v) is 8.39. The summed E-state index contributed by atoms with van der Waals surface area (Å²) < 4.78 is 1.99. The van der Waals surface area contributed by atoms with Crippen LogP contribution in [-0.2, 0) is 6.54 Å². The summed E-state index contributed by atoms with van der Waals surface area (Å²) >= 11 is 7.29. The van der Waals surface area contributed by atoms with E-state index in [1.165, 1.54) is 17.3 Å². The third kappa shape index (κ3) is 5.34. The predicted molar refractivity (Wildman–Crippen MR) is 126 cm³/mol. The molecular weight excluding hydrogens is 428 g/mol. The Hall–Kier alpha value is -3.09. The molecule has 0 aliphatic rings. The number of aryl methyl sites for hydroxylation is 1. The number of aromatic nitrogens is 3. The molecule has 0 spiro atoms. The SMILES string of the molecule is Cc1ccc(NCc2nnc(SCC(=O)c3ccc(Cl)cc3)n2-c2ccccc2)cc1. The molecule has 0 aliphatic carbocycles. The van der Waals surface area contributed by atoms with Crippen LogP contribution in [-0.4, -0.2) is 26.3 Å². The van der Waals surface area contributed by atoms with E-state index in [0.717, 1.165) is 17.2 Å². The van der Waals surface area contributed by atoms with Gasteiger partial charge in [-0.1, -0.05) is 59.3 Å². The van der Waals surface area contributed by atoms with E-state index in [-0.39, 0.29) is 11.5 Å². The first kappa shape index (κ1) is 21.2. The van der Waals surface area contributed by atoms with Crippen molar-refractivity contribution in [2.24, 2.45) is 0 Å². The first-order chi connectivity index (χ1) is 15.1. The van der Waals surface area contributed by atoms with Crippen molar-refractivity contribution >= 4 is 34.8 Å². The topological polar surface area (TPSA) is 59.8 Å². The Labute approximate surface area is 190 Å². The van der Waals surface area contributed by atoms with Crippen molar-refractivity contribution in [1.29, 1.82) is 0 Å². The molecule has 5 nitrogen and oxygen atoms in total. The fourth-order valence-corrected chi connectivity index (χ4v) is 4.04. The fourth-order valence-electron chi connectivity index (χ4n) is 3.05. The monoisotopic (exact) mass is 448 g/mol. The Morgan fingerprint density at radius 3 is 2.39 bits per heavy atom. The van der Waals surface area contributed by atoms with Gasteiger partial charge in [-0.2, -0.15) is 0 Å². The highest BCUT2D eigenvalue weighted by molar-refractivity contribution is 7.99. The number of para-hydroxylation sites is 1. The molecular formula is C24H21ClN4OS. The lowest BCUT2D eigenvalue weighted by molar-refractivity contribution is 0.102. The van der Waals surface area contributed by atoms with Crippen molar-refractivity contribution in [2.75, 3.05) is 11.1 Å². The molecule has 1 aromatic heterocycles. The molecule has 1 N–H and O–H groups in total. The molecule has 31 heavy (non-hydrogen) atoms. The summed E-state index contributed by atoms with van der Waals surface area (Å²) in [5.41, 5.74) is 3.81. The Kier molecular flexibility index (Phi) is 6.70. The smallest absolute Gasteiger partial charge is 0.196 e. The molecule has 0 bridgehead atoms. The standard InChI is InChI=1S/C24H21ClN4OS/c1-17-7-13-20(14-8-17)26-15-23-27-28-24(29(23)21-5-3-2-4-6-21)31-16-22(30)18-9-11-19(25)12-10-18/h2-14,26H,15-16H2,1H3. The normalized spacial score (nSPS) is 10.8. The number of hydrogen-bond acceptors (Lipinski definition) is 5. The zero-order valence-corrected chi connectivity index (χ0v) is 18.5. The lowest BCUT2D eigenvalue weighted by Gasteiger charge is -2.11. The van der Waals surface area contributed by atoms with Gasteiger partial charge in [-0.3, -0.25) is 9.36 Å². The first-order valence-electron chi connectivity index (χ1n) is 9.82. The number of carbonyl (C=O) groups excluding carboxylic acids is 1. The zero-order chi connectivity index (χ0) is 21.6. The van der Waals surface area contributed by atoms with E-state index in [1.807, 2.05) is 47.0 Å². The number of ketones is 1. The molecule has 1 heterocycles. The Balaban J connectivity index is 1.53. The van der Waals surface area contributed by atoms with E-state index in [0.29, 0.717) is 22.3 Å². The Morgan fingerprint density at radius 2 is 1.68 bits per heavy atom. The van der Waals surface area contributed by atoms with Crippen molar-refractivity contribution in [1.82, 2.24) is 14.8 Å². The Bertz CT molecular complexity index is 1160. The van der Waals surface area contributed by atoms with E-state index in [1.54, 1.807) is 24.3 Å². The van der Waals surface area contributed by atoms with Crippen molar-refractivity contribution in [3.63, 3.8) is 0 Å². The zero-order valence-electron chi connectivity index (χ0n) is 17.0. The molecule has 156 valence electrons. The predicted octanol–water partition coefficient (Wildman–Crippen LogP) is 5.82. The molecule has 4 rings (SSSR count). The number of halogens is 1. The molecule has 7 heteroatoms. The highest BCUT2D eigenvalue weighted by Crippen LogP contribution is 2.24. The number of nitrogens with zero attached hydrogens (tertiary/aromatic N) is 3. The summed E-state index contributed by atoms with van der Waals surface area (Å²) in [6.45, 7) is 2.57. The maximum absolute atomic E-state index is 12.6. The first-order valence-corrected chi connectivity index (χ1v) is 11.2. The van der Waals surface area contributed by atoms with Crippen LogP contribution in [0.5, 0.6) is 0 Å². The average molecular weight is 449 g/mol. The van der Waals surface area contributed by atoms with Crippen LogP contribution < -0.4 is 5.32 Å². The van der Waals surface area contributed by atoms with E-state index < -0.39 is 0 Å². The minimum Gasteiger partial charge on any atom is -0.378 e. The highest BCUT2D eigenvalue weighted by Gasteiger charge is 2.16. The largest absolute Gasteiger partial charge is 0.378 e. The quantitative estimate of drug-likeness (QED) is 0.272. The number of rotatable bonds is 8. The van der Waals surface area contributed by atoms with Crippen LogP contribution in [0.15, 0.2) is 84.0 Å². The van der Waals surface area contributed by atoms with E-state index in [9.17, 15) is 4.79 Å². The van der Waals surface area contributed by atoms with Crippen LogP contribution in [0.2, 0.25) is 5.02 Å². The van der Waals surface area contributed by atoms with E-state index in [2.05, 4.69) is 34.6 Å². The van der Waals surface area contributed by atoms with Crippen LogP contribution in [0.1, 0.15) is 21.7 Å². The van der Waals surface area contributed by atoms with Gasteiger partial charge >= 0.3 is 0 Å². The molecule has 0 fully saturated rings. The molecule has 0 unspecified atom stereocenters. The van der Waals surface area contributed by atoms with Gasteiger partial charge in [0.05, 0.1) is 12.3 Å². The van der Waals surface area contributed by atoms with Crippen molar-refractivity contribution in [3.05, 3.63) is 101 Å². The van der Waals surface area contributed by atoms with E-state index in [4.69, 9.17) is 11.6 Å². The summed E-state index contributed by atoms with van der Waals surface area (Å²) in [4.78, 5) is 12.6. The number of carbonyl (C=O) groups is 1. The molecule has 0 radical (unpaired) electrons. The number of thioether (sulfide) groups is 1. The van der Waals surface area contributed by atoms with Crippen molar-refractivity contribution in [2.45, 2.75) is 18.6 Å². The summed E-state index contributed by atoms with van der Waals surface area (Å²) in [5, 5.41) is 13.4. The number of hydrogen-bond donors (Lipinski definition) is 1. The van der Waals surface area contributed by atoms with Crippen molar-refractivity contribution in [3.8, 4) is 5.69 Å². The summed E-state index contributed by atoms with van der Waals surface area (Å²) in [5.74, 6) is 1.05. The molecule has 0 saturated carbocycles. The molecule has 0 aliphatic heterocycles. The number of anilines is 1. The molecule has 0 saturated heterocycles. The highest BCUT2D eigenvalue weighted by atomic mass is 35.5. The summed E-state index contributed by atoms with van der Waals surface area (Å²) in [7, 11) is 0. The number of nitrogens with one attached hydrogen (secondary N) is 1. The van der Waals surface area contributed by atoms with Gasteiger partial charge in [-0.15, -0.1) is 10.2 Å². The maximum atomic E-state index is 12.6. The van der Waals surface area contributed by atoms with Crippen LogP contribution in [0.4, 0.5) is 5.69 Å². The van der Waals surface area contributed by atoms with Gasteiger partial charge in [-0.25, -0.2) is 0 Å². The fraction of sp³-hybridized carbons (Fsp3) is 0.125. The third-order valence-electron chi connectivity index (χ3n) is 4.72. The summed E-state index contributed by atoms with van der Waals surface area (Å²) in [6.07, 6.45) is 0. The molecule has 3 aromatic carbocycles. The minimum absolute atomic E-state index is 0.0172. The number of benzene rings is 3. The Morgan fingerprint density at radius 1 is 0.968 bits per heavy atom. The second kappa shape index (κ2) is 9.81. The van der Waals surface area contributed by atoms with Crippen LogP contribution >= 0.6 is 23.4 Å². The van der Waals surface area contributed by atoms with Gasteiger partial charge in [0.2, 0.25) is 0 Å². The van der Waals surface area contributed by atoms with Gasteiger partial charge in [0.1, 0.15) is 0 Å². The van der Waals surface area contributed by atoms with Gasteiger partial charge < -0.3 is 5.32 Å². The number of Topliss-reactive ketones (excluding diaryl/α,β-unsaturated/α-hetero) is 1. The van der Waals surface area contributed by atoms with E-state index >= 15 is 0 Å². The van der Waals surface area contributed by atoms with Gasteiger partial charge in [0, 0.05) is 22.0 Å². The molecule has 4 aromatic rings. The average Bonchev–Trinajstić information content (AvgIpc) is 3.21. The third-order valence-corrected chi connectivity index (χ3v) is 5.90. The lowest BCUT2D eigenvalue weighted by Crippen LogP contribution is -2.09. The van der Waals surface area contributed by atoms with Crippen LogP contribution in [0.3, 0.4) is 0 Å². The van der Waals surface area contributed by atoms with Crippen molar-refractivity contribution < 1.29 is 4.79 Å². The van der Waals surface area contributed by atoms with Gasteiger partial charge in [0.25, 0.3) is 0 Å². The lowest BCUT2D eigenvalue weighted by atomic mass is 10.1.